The molecule has 1 amide bonds. The van der Waals surface area contributed by atoms with Gasteiger partial charge in [-0.05, 0) is 56.5 Å². The van der Waals surface area contributed by atoms with Gasteiger partial charge in [0.05, 0.1) is 0 Å². The molecule has 0 radical (unpaired) electrons. The van der Waals surface area contributed by atoms with Gasteiger partial charge >= 0.3 is 0 Å². The molecule has 2 saturated carbocycles. The second-order valence-electron chi connectivity index (χ2n) is 6.03. The number of piperidine rings is 1. The molecule has 1 heterocycles. The van der Waals surface area contributed by atoms with Crippen molar-refractivity contribution >= 4 is 18.3 Å². The second-order valence-corrected chi connectivity index (χ2v) is 6.03. The smallest absolute Gasteiger partial charge is 0.226 e. The fourth-order valence-corrected chi connectivity index (χ4v) is 3.22. The lowest BCUT2D eigenvalue weighted by Gasteiger charge is -2.25. The number of nitrogens with one attached hydrogen (secondary N) is 1. The maximum absolute atomic E-state index is 12.2. The Labute approximate surface area is 110 Å². The average molecular weight is 259 g/mol. The van der Waals surface area contributed by atoms with Crippen molar-refractivity contribution < 1.29 is 4.79 Å². The van der Waals surface area contributed by atoms with E-state index in [0.717, 1.165) is 32.0 Å². The van der Waals surface area contributed by atoms with E-state index in [9.17, 15) is 4.79 Å². The molecule has 0 aromatic heterocycles. The standard InChI is InChI=1S/C13H22N2O.ClH/c1-15(9-10-2-3-10)12(16)11-8-13(11)4-6-14-7-5-13;/h10-11,14H,2-9H2,1H3;1H. The van der Waals surface area contributed by atoms with Crippen molar-refractivity contribution in [1.82, 2.24) is 10.2 Å². The van der Waals surface area contributed by atoms with Crippen LogP contribution in [0.3, 0.4) is 0 Å². The topological polar surface area (TPSA) is 32.3 Å². The molecule has 0 bridgehead atoms. The molecule has 4 heteroatoms. The quantitative estimate of drug-likeness (QED) is 0.835. The molecule has 1 unspecified atom stereocenters. The minimum absolute atomic E-state index is 0. The first-order chi connectivity index (χ1) is 7.71. The van der Waals surface area contributed by atoms with Crippen LogP contribution in [0.5, 0.6) is 0 Å². The van der Waals surface area contributed by atoms with Crippen LogP contribution < -0.4 is 5.32 Å². The number of amides is 1. The lowest BCUT2D eigenvalue weighted by atomic mass is 9.91. The highest BCUT2D eigenvalue weighted by atomic mass is 35.5. The molecule has 0 aromatic carbocycles. The van der Waals surface area contributed by atoms with Gasteiger partial charge < -0.3 is 10.2 Å². The first kappa shape index (κ1) is 13.2. The number of nitrogens with zero attached hydrogens (tertiary/aromatic N) is 1. The van der Waals surface area contributed by atoms with E-state index >= 15 is 0 Å². The predicted octanol–water partition coefficient (Wildman–Crippen LogP) is 1.67. The lowest BCUT2D eigenvalue weighted by Crippen LogP contribution is -2.35. The number of hydrogen-bond acceptors (Lipinski definition) is 2. The van der Waals surface area contributed by atoms with Gasteiger partial charge in [-0.25, -0.2) is 0 Å². The zero-order valence-electron chi connectivity index (χ0n) is 10.6. The van der Waals surface area contributed by atoms with E-state index in [1.165, 1.54) is 25.7 Å². The van der Waals surface area contributed by atoms with Gasteiger partial charge in [0, 0.05) is 19.5 Å². The number of hydrogen-bond donors (Lipinski definition) is 1. The molecule has 1 atom stereocenters. The molecule has 0 aromatic rings. The van der Waals surface area contributed by atoms with Gasteiger partial charge in [0.15, 0.2) is 0 Å². The maximum Gasteiger partial charge on any atom is 0.226 e. The van der Waals surface area contributed by atoms with Gasteiger partial charge in [-0.3, -0.25) is 4.79 Å². The average Bonchev–Trinajstić information content (AvgIpc) is 3.18. The van der Waals surface area contributed by atoms with Crippen LogP contribution in [0, 0.1) is 17.3 Å². The van der Waals surface area contributed by atoms with Crippen LogP contribution in [0.2, 0.25) is 0 Å². The normalized spacial score (nSPS) is 29.6. The van der Waals surface area contributed by atoms with E-state index in [0.29, 0.717) is 17.2 Å². The zero-order valence-corrected chi connectivity index (χ0v) is 11.4. The third-order valence-electron chi connectivity index (χ3n) is 4.69. The second kappa shape index (κ2) is 4.77. The fraction of sp³-hybridized carbons (Fsp3) is 0.923. The molecule has 3 fully saturated rings. The zero-order chi connectivity index (χ0) is 11.2. The third-order valence-corrected chi connectivity index (χ3v) is 4.69. The summed E-state index contributed by atoms with van der Waals surface area (Å²) in [6.45, 7) is 3.22. The van der Waals surface area contributed by atoms with Gasteiger partial charge in [0.1, 0.15) is 0 Å². The highest BCUT2D eigenvalue weighted by molar-refractivity contribution is 5.85. The minimum atomic E-state index is 0. The number of rotatable bonds is 3. The summed E-state index contributed by atoms with van der Waals surface area (Å²) in [5.74, 6) is 1.60. The first-order valence-corrected chi connectivity index (χ1v) is 6.67. The molecule has 3 rings (SSSR count). The molecule has 1 aliphatic heterocycles. The van der Waals surface area contributed by atoms with Crippen LogP contribution in [0.1, 0.15) is 32.1 Å². The summed E-state index contributed by atoms with van der Waals surface area (Å²) < 4.78 is 0. The SMILES string of the molecule is CN(CC1CC1)C(=O)C1CC12CCNCC2.Cl. The molecule has 3 aliphatic rings. The van der Waals surface area contributed by atoms with Crippen molar-refractivity contribution in [2.45, 2.75) is 32.1 Å². The summed E-state index contributed by atoms with van der Waals surface area (Å²) in [6.07, 6.45) is 6.23. The molecule has 1 spiro atoms. The fourth-order valence-electron chi connectivity index (χ4n) is 3.22. The Kier molecular flexibility index (Phi) is 3.69. The van der Waals surface area contributed by atoms with Crippen molar-refractivity contribution in [2.75, 3.05) is 26.7 Å². The van der Waals surface area contributed by atoms with Crippen LogP contribution in [-0.2, 0) is 4.79 Å². The predicted molar refractivity (Wildman–Crippen MR) is 70.3 cm³/mol. The molecule has 2 aliphatic carbocycles. The van der Waals surface area contributed by atoms with E-state index in [4.69, 9.17) is 0 Å². The highest BCUT2D eigenvalue weighted by Gasteiger charge is 2.58. The Balaban J connectivity index is 0.00000108. The van der Waals surface area contributed by atoms with E-state index in [2.05, 4.69) is 5.32 Å². The number of carbonyl (C=O) groups is 1. The molecule has 3 nitrogen and oxygen atoms in total. The van der Waals surface area contributed by atoms with Gasteiger partial charge in [-0.15, -0.1) is 12.4 Å². The molecule has 17 heavy (non-hydrogen) atoms. The summed E-state index contributed by atoms with van der Waals surface area (Å²) in [4.78, 5) is 14.2. The van der Waals surface area contributed by atoms with E-state index in [1.54, 1.807) is 0 Å². The van der Waals surface area contributed by atoms with Gasteiger partial charge in [0.2, 0.25) is 5.91 Å². The van der Waals surface area contributed by atoms with Crippen molar-refractivity contribution in [3.8, 4) is 0 Å². The summed E-state index contributed by atoms with van der Waals surface area (Å²) in [5.41, 5.74) is 0.403. The largest absolute Gasteiger partial charge is 0.345 e. The van der Waals surface area contributed by atoms with Crippen molar-refractivity contribution in [1.29, 1.82) is 0 Å². The molecule has 1 N–H and O–H groups in total. The van der Waals surface area contributed by atoms with Crippen LogP contribution >= 0.6 is 12.4 Å². The first-order valence-electron chi connectivity index (χ1n) is 6.67. The van der Waals surface area contributed by atoms with Crippen LogP contribution in [0.4, 0.5) is 0 Å². The van der Waals surface area contributed by atoms with Crippen molar-refractivity contribution in [3.05, 3.63) is 0 Å². The molecular formula is C13H23ClN2O. The minimum Gasteiger partial charge on any atom is -0.345 e. The van der Waals surface area contributed by atoms with E-state index in [-0.39, 0.29) is 12.4 Å². The molecule has 1 saturated heterocycles. The van der Waals surface area contributed by atoms with E-state index in [1.807, 2.05) is 11.9 Å². The van der Waals surface area contributed by atoms with Gasteiger partial charge in [0.25, 0.3) is 0 Å². The lowest BCUT2D eigenvalue weighted by molar-refractivity contribution is -0.132. The van der Waals surface area contributed by atoms with Gasteiger partial charge in [-0.1, -0.05) is 0 Å². The highest BCUT2D eigenvalue weighted by Crippen LogP contribution is 2.59. The number of carbonyl (C=O) groups excluding carboxylic acids is 1. The van der Waals surface area contributed by atoms with Crippen LogP contribution in [0.25, 0.3) is 0 Å². The summed E-state index contributed by atoms with van der Waals surface area (Å²) >= 11 is 0. The monoisotopic (exact) mass is 258 g/mol. The van der Waals surface area contributed by atoms with Crippen LogP contribution in [-0.4, -0.2) is 37.5 Å². The van der Waals surface area contributed by atoms with E-state index < -0.39 is 0 Å². The third kappa shape index (κ3) is 2.60. The van der Waals surface area contributed by atoms with Crippen molar-refractivity contribution in [2.24, 2.45) is 17.3 Å². The Hall–Kier alpha value is -0.280. The van der Waals surface area contributed by atoms with Crippen molar-refractivity contribution in [3.63, 3.8) is 0 Å². The summed E-state index contributed by atoms with van der Waals surface area (Å²) in [7, 11) is 1.99. The van der Waals surface area contributed by atoms with Crippen LogP contribution in [0.15, 0.2) is 0 Å². The molecule has 98 valence electrons. The Morgan fingerprint density at radius 2 is 2.00 bits per heavy atom. The summed E-state index contributed by atoms with van der Waals surface area (Å²) in [5, 5.41) is 3.39. The maximum atomic E-state index is 12.2. The Morgan fingerprint density at radius 3 is 2.59 bits per heavy atom. The van der Waals surface area contributed by atoms with Gasteiger partial charge in [-0.2, -0.15) is 0 Å². The Bertz CT molecular complexity index is 298. The molecular weight excluding hydrogens is 236 g/mol. The number of halogens is 1. The summed E-state index contributed by atoms with van der Waals surface area (Å²) in [6, 6.07) is 0. The Morgan fingerprint density at radius 1 is 1.35 bits per heavy atom.